The maximum Gasteiger partial charge on any atom is 0.143 e. The molecule has 0 atom stereocenters. The molecule has 0 aliphatic heterocycles. The molecule has 80 valence electrons. The quantitative estimate of drug-likeness (QED) is 0.867. The van der Waals surface area contributed by atoms with Gasteiger partial charge in [-0.25, -0.2) is 9.97 Å². The fraction of sp³-hybridized carbons (Fsp3) is 0.400. The number of halogens is 2. The Kier molecular flexibility index (Phi) is 2.73. The van der Waals surface area contributed by atoms with E-state index in [0.717, 1.165) is 27.0 Å². The first kappa shape index (κ1) is 10.9. The van der Waals surface area contributed by atoms with E-state index in [2.05, 4.69) is 44.7 Å². The summed E-state index contributed by atoms with van der Waals surface area (Å²) < 4.78 is 0.840. The van der Waals surface area contributed by atoms with Crippen LogP contribution in [0.2, 0.25) is 5.15 Å². The molecule has 0 aliphatic carbocycles. The molecule has 0 amide bonds. The predicted molar refractivity (Wildman–Crippen MR) is 65.4 cm³/mol. The van der Waals surface area contributed by atoms with Gasteiger partial charge in [0.2, 0.25) is 0 Å². The van der Waals surface area contributed by atoms with Crippen LogP contribution in [0.15, 0.2) is 4.47 Å². The van der Waals surface area contributed by atoms with Gasteiger partial charge in [0, 0.05) is 5.92 Å². The first-order valence-corrected chi connectivity index (χ1v) is 5.89. The average molecular weight is 289 g/mol. The molecule has 0 fully saturated rings. The molecule has 0 spiro atoms. The van der Waals surface area contributed by atoms with E-state index >= 15 is 0 Å². The lowest BCUT2D eigenvalue weighted by molar-refractivity contribution is 0.775. The minimum Gasteiger partial charge on any atom is -0.329 e. The van der Waals surface area contributed by atoms with Gasteiger partial charge in [-0.3, -0.25) is 0 Å². The molecule has 0 bridgehead atoms. The van der Waals surface area contributed by atoms with E-state index in [1.165, 1.54) is 0 Å². The van der Waals surface area contributed by atoms with Gasteiger partial charge in [0.15, 0.2) is 0 Å². The van der Waals surface area contributed by atoms with Crippen LogP contribution in [0.3, 0.4) is 0 Å². The molecule has 0 unspecified atom stereocenters. The van der Waals surface area contributed by atoms with Crippen molar-refractivity contribution in [3.63, 3.8) is 0 Å². The second-order valence-electron chi connectivity index (χ2n) is 3.80. The molecule has 0 saturated carbocycles. The van der Waals surface area contributed by atoms with Crippen molar-refractivity contribution in [2.75, 3.05) is 0 Å². The standard InChI is InChI=1S/C10H11BrClN3/c1-4(2)9-13-5(3)6-7(11)8(12)14-10(6)15-9/h4H,1-3H3,(H,13,14,15). The van der Waals surface area contributed by atoms with Crippen molar-refractivity contribution in [2.45, 2.75) is 26.7 Å². The molecule has 2 heterocycles. The number of aromatic amines is 1. The van der Waals surface area contributed by atoms with E-state index in [9.17, 15) is 0 Å². The largest absolute Gasteiger partial charge is 0.329 e. The van der Waals surface area contributed by atoms with Gasteiger partial charge in [0.05, 0.1) is 15.6 Å². The molecule has 0 aliphatic rings. The zero-order chi connectivity index (χ0) is 11.2. The van der Waals surface area contributed by atoms with Gasteiger partial charge in [-0.15, -0.1) is 0 Å². The van der Waals surface area contributed by atoms with Crippen LogP contribution in [0.25, 0.3) is 11.0 Å². The van der Waals surface area contributed by atoms with Crippen LogP contribution < -0.4 is 0 Å². The van der Waals surface area contributed by atoms with E-state index < -0.39 is 0 Å². The summed E-state index contributed by atoms with van der Waals surface area (Å²) in [5.74, 6) is 1.15. The Morgan fingerprint density at radius 1 is 1.33 bits per heavy atom. The molecule has 0 aromatic carbocycles. The summed E-state index contributed by atoms with van der Waals surface area (Å²) in [6, 6.07) is 0. The molecule has 2 aromatic heterocycles. The molecular formula is C10H11BrClN3. The van der Waals surface area contributed by atoms with E-state index in [0.29, 0.717) is 11.1 Å². The number of hydrogen-bond acceptors (Lipinski definition) is 2. The smallest absolute Gasteiger partial charge is 0.143 e. The lowest BCUT2D eigenvalue weighted by Gasteiger charge is -2.05. The van der Waals surface area contributed by atoms with Gasteiger partial charge in [-0.05, 0) is 22.9 Å². The fourth-order valence-electron chi connectivity index (χ4n) is 1.47. The van der Waals surface area contributed by atoms with Gasteiger partial charge in [-0.1, -0.05) is 25.4 Å². The third-order valence-electron chi connectivity index (χ3n) is 2.26. The number of fused-ring (bicyclic) bond motifs is 1. The molecule has 15 heavy (non-hydrogen) atoms. The normalized spacial score (nSPS) is 11.6. The van der Waals surface area contributed by atoms with Crippen molar-refractivity contribution in [2.24, 2.45) is 0 Å². The Bertz CT molecular complexity index is 519. The predicted octanol–water partition coefficient (Wildman–Crippen LogP) is 3.81. The van der Waals surface area contributed by atoms with Crippen LogP contribution in [0.4, 0.5) is 0 Å². The van der Waals surface area contributed by atoms with Crippen LogP contribution in [0.1, 0.15) is 31.3 Å². The van der Waals surface area contributed by atoms with Gasteiger partial charge in [0.1, 0.15) is 16.6 Å². The van der Waals surface area contributed by atoms with E-state index in [4.69, 9.17) is 11.6 Å². The van der Waals surface area contributed by atoms with Gasteiger partial charge < -0.3 is 4.98 Å². The highest BCUT2D eigenvalue weighted by molar-refractivity contribution is 9.10. The topological polar surface area (TPSA) is 41.6 Å². The summed E-state index contributed by atoms with van der Waals surface area (Å²) in [5, 5.41) is 1.53. The lowest BCUT2D eigenvalue weighted by atomic mass is 10.2. The molecule has 3 nitrogen and oxygen atoms in total. The van der Waals surface area contributed by atoms with Crippen LogP contribution >= 0.6 is 27.5 Å². The number of H-pyrrole nitrogens is 1. The third kappa shape index (κ3) is 1.76. The zero-order valence-corrected chi connectivity index (χ0v) is 11.1. The zero-order valence-electron chi connectivity index (χ0n) is 8.73. The highest BCUT2D eigenvalue weighted by atomic mass is 79.9. The van der Waals surface area contributed by atoms with Crippen molar-refractivity contribution in [1.82, 2.24) is 15.0 Å². The van der Waals surface area contributed by atoms with Gasteiger partial charge in [-0.2, -0.15) is 0 Å². The summed E-state index contributed by atoms with van der Waals surface area (Å²) in [6.45, 7) is 6.10. The van der Waals surface area contributed by atoms with E-state index in [1.807, 2.05) is 6.92 Å². The van der Waals surface area contributed by atoms with Crippen molar-refractivity contribution in [3.05, 3.63) is 21.1 Å². The Hall–Kier alpha value is -0.610. The maximum absolute atomic E-state index is 5.99. The minimum atomic E-state index is 0.314. The highest BCUT2D eigenvalue weighted by Gasteiger charge is 2.14. The first-order valence-electron chi connectivity index (χ1n) is 4.72. The maximum atomic E-state index is 5.99. The molecule has 0 radical (unpaired) electrons. The number of nitrogens with zero attached hydrogens (tertiary/aromatic N) is 2. The van der Waals surface area contributed by atoms with Gasteiger partial charge in [0.25, 0.3) is 0 Å². The number of hydrogen-bond donors (Lipinski definition) is 1. The number of nitrogens with one attached hydrogen (secondary N) is 1. The first-order chi connectivity index (χ1) is 7.00. The molecular weight excluding hydrogens is 277 g/mol. The summed E-state index contributed by atoms with van der Waals surface area (Å²) in [7, 11) is 0. The Labute approximate surface area is 101 Å². The summed E-state index contributed by atoms with van der Waals surface area (Å²) in [4.78, 5) is 11.9. The van der Waals surface area contributed by atoms with Crippen molar-refractivity contribution in [1.29, 1.82) is 0 Å². The summed E-state index contributed by atoms with van der Waals surface area (Å²) in [6.07, 6.45) is 0. The number of rotatable bonds is 1. The molecule has 2 aromatic rings. The number of aryl methyl sites for hydroxylation is 1. The Morgan fingerprint density at radius 2 is 2.00 bits per heavy atom. The molecule has 2 rings (SSSR count). The average Bonchev–Trinajstić information content (AvgIpc) is 2.42. The molecule has 5 heteroatoms. The number of aromatic nitrogens is 3. The van der Waals surface area contributed by atoms with Crippen LogP contribution in [0.5, 0.6) is 0 Å². The van der Waals surface area contributed by atoms with Crippen LogP contribution in [0, 0.1) is 6.92 Å². The lowest BCUT2D eigenvalue weighted by Crippen LogP contribution is -1.99. The summed E-state index contributed by atoms with van der Waals surface area (Å²) >= 11 is 9.41. The van der Waals surface area contributed by atoms with E-state index in [-0.39, 0.29) is 0 Å². The SMILES string of the molecule is Cc1nc(C(C)C)nc2[nH]c(Cl)c(Br)c12. The molecule has 0 saturated heterocycles. The van der Waals surface area contributed by atoms with Crippen LogP contribution in [-0.2, 0) is 0 Å². The second-order valence-corrected chi connectivity index (χ2v) is 4.97. The Balaban J connectivity index is 2.78. The van der Waals surface area contributed by atoms with Crippen LogP contribution in [-0.4, -0.2) is 15.0 Å². The van der Waals surface area contributed by atoms with Crippen molar-refractivity contribution < 1.29 is 0 Å². The fourth-order valence-corrected chi connectivity index (χ4v) is 2.23. The molecule has 1 N–H and O–H groups in total. The van der Waals surface area contributed by atoms with Crippen molar-refractivity contribution in [3.8, 4) is 0 Å². The van der Waals surface area contributed by atoms with Crippen molar-refractivity contribution >= 4 is 38.6 Å². The third-order valence-corrected chi connectivity index (χ3v) is 3.57. The highest BCUT2D eigenvalue weighted by Crippen LogP contribution is 2.32. The monoisotopic (exact) mass is 287 g/mol. The Morgan fingerprint density at radius 3 is 2.60 bits per heavy atom. The van der Waals surface area contributed by atoms with Gasteiger partial charge >= 0.3 is 0 Å². The second kappa shape index (κ2) is 3.76. The minimum absolute atomic E-state index is 0.314. The van der Waals surface area contributed by atoms with E-state index in [1.54, 1.807) is 0 Å². The summed E-state index contributed by atoms with van der Waals surface area (Å²) in [5.41, 5.74) is 1.74.